The molecule has 4 rings (SSSR count). The molecule has 2 aromatic rings. The minimum absolute atomic E-state index is 0.0845. The summed E-state index contributed by atoms with van der Waals surface area (Å²) < 4.78 is 1.88. The maximum atomic E-state index is 12.9. The lowest BCUT2D eigenvalue weighted by Crippen LogP contribution is -2.44. The monoisotopic (exact) mass is 425 g/mol. The molecule has 2 amide bonds. The van der Waals surface area contributed by atoms with Gasteiger partial charge in [-0.2, -0.15) is 5.10 Å². The lowest BCUT2D eigenvalue weighted by molar-refractivity contribution is -0.140. The van der Waals surface area contributed by atoms with Crippen LogP contribution in [0.2, 0.25) is 0 Å². The number of aryl methyl sites for hydroxylation is 3. The third-order valence-electron chi connectivity index (χ3n) is 6.99. The summed E-state index contributed by atoms with van der Waals surface area (Å²) in [4.78, 5) is 34.4. The van der Waals surface area contributed by atoms with Gasteiger partial charge in [0.25, 0.3) is 0 Å². The number of carbonyl (C=O) groups is 2. The van der Waals surface area contributed by atoms with Gasteiger partial charge in [-0.1, -0.05) is 12.8 Å². The van der Waals surface area contributed by atoms with Crippen LogP contribution in [0.3, 0.4) is 0 Å². The predicted molar refractivity (Wildman–Crippen MR) is 120 cm³/mol. The van der Waals surface area contributed by atoms with E-state index in [1.54, 1.807) is 0 Å². The second kappa shape index (κ2) is 9.37. The molecule has 2 aromatic heterocycles. The number of piperidine rings is 1. The fourth-order valence-electron chi connectivity index (χ4n) is 5.12. The number of likely N-dealkylation sites (tertiary alicyclic amines) is 2. The van der Waals surface area contributed by atoms with Gasteiger partial charge < -0.3 is 9.80 Å². The Balaban J connectivity index is 1.31. The topological polar surface area (TPSA) is 70.8 Å². The van der Waals surface area contributed by atoms with Gasteiger partial charge in [0.1, 0.15) is 0 Å². The highest BCUT2D eigenvalue weighted by molar-refractivity contribution is 5.80. The zero-order valence-electron chi connectivity index (χ0n) is 19.2. The molecule has 0 atom stereocenters. The van der Waals surface area contributed by atoms with Gasteiger partial charge in [-0.3, -0.25) is 9.59 Å². The van der Waals surface area contributed by atoms with E-state index in [4.69, 9.17) is 0 Å². The molecule has 2 saturated heterocycles. The molecule has 7 heteroatoms. The third-order valence-corrected chi connectivity index (χ3v) is 6.99. The van der Waals surface area contributed by atoms with Crippen molar-refractivity contribution in [3.63, 3.8) is 0 Å². The summed E-state index contributed by atoms with van der Waals surface area (Å²) in [5.74, 6) is 0.576. The maximum Gasteiger partial charge on any atom is 0.225 e. The van der Waals surface area contributed by atoms with E-state index in [9.17, 15) is 9.59 Å². The van der Waals surface area contributed by atoms with Gasteiger partial charge in [0.15, 0.2) is 5.65 Å². The van der Waals surface area contributed by atoms with Gasteiger partial charge in [0.2, 0.25) is 11.8 Å². The zero-order valence-corrected chi connectivity index (χ0v) is 19.2. The van der Waals surface area contributed by atoms with E-state index in [1.165, 1.54) is 12.8 Å². The van der Waals surface area contributed by atoms with E-state index >= 15 is 0 Å². The SMILES string of the molecule is Cc1cc2nc(C)c(CCC(=O)N3CCC(C(=O)N4CCCCCC4)CC3)c(C)n2n1. The largest absolute Gasteiger partial charge is 0.343 e. The second-order valence-electron chi connectivity index (χ2n) is 9.21. The summed E-state index contributed by atoms with van der Waals surface area (Å²) in [6.07, 6.45) is 7.45. The molecule has 0 unspecified atom stereocenters. The summed E-state index contributed by atoms with van der Waals surface area (Å²) >= 11 is 0. The molecule has 0 N–H and O–H groups in total. The van der Waals surface area contributed by atoms with Crippen LogP contribution in [0.5, 0.6) is 0 Å². The summed E-state index contributed by atoms with van der Waals surface area (Å²) in [5.41, 5.74) is 4.94. The van der Waals surface area contributed by atoms with Crippen molar-refractivity contribution in [3.05, 3.63) is 28.7 Å². The van der Waals surface area contributed by atoms with Crippen LogP contribution >= 0.6 is 0 Å². The van der Waals surface area contributed by atoms with E-state index in [2.05, 4.69) is 15.0 Å². The number of aromatic nitrogens is 3. The first-order valence-corrected chi connectivity index (χ1v) is 11.8. The quantitative estimate of drug-likeness (QED) is 0.754. The Morgan fingerprint density at radius 3 is 2.32 bits per heavy atom. The Kier molecular flexibility index (Phi) is 6.58. The molecule has 31 heavy (non-hydrogen) atoms. The highest BCUT2D eigenvalue weighted by atomic mass is 16.2. The van der Waals surface area contributed by atoms with Gasteiger partial charge in [0, 0.05) is 56.0 Å². The molecule has 168 valence electrons. The highest BCUT2D eigenvalue weighted by Crippen LogP contribution is 2.23. The second-order valence-corrected chi connectivity index (χ2v) is 9.21. The van der Waals surface area contributed by atoms with Crippen LogP contribution in [0.25, 0.3) is 5.65 Å². The molecule has 0 spiro atoms. The summed E-state index contributed by atoms with van der Waals surface area (Å²) in [7, 11) is 0. The van der Waals surface area contributed by atoms with Crippen molar-refractivity contribution >= 4 is 17.5 Å². The lowest BCUT2D eigenvalue weighted by atomic mass is 9.94. The first kappa shape index (κ1) is 21.8. The van der Waals surface area contributed by atoms with Crippen molar-refractivity contribution in [1.29, 1.82) is 0 Å². The van der Waals surface area contributed by atoms with Crippen LogP contribution in [-0.4, -0.2) is 62.4 Å². The fraction of sp³-hybridized carbons (Fsp3) is 0.667. The number of nitrogens with zero attached hydrogens (tertiary/aromatic N) is 5. The molecule has 0 saturated carbocycles. The van der Waals surface area contributed by atoms with Crippen LogP contribution in [0.15, 0.2) is 6.07 Å². The number of rotatable bonds is 4. The Morgan fingerprint density at radius 2 is 1.65 bits per heavy atom. The van der Waals surface area contributed by atoms with Gasteiger partial charge in [-0.15, -0.1) is 0 Å². The van der Waals surface area contributed by atoms with E-state index < -0.39 is 0 Å². The molecule has 0 aromatic carbocycles. The van der Waals surface area contributed by atoms with Crippen LogP contribution < -0.4 is 0 Å². The normalized spacial score (nSPS) is 18.4. The summed E-state index contributed by atoms with van der Waals surface area (Å²) in [5, 5.41) is 4.52. The van der Waals surface area contributed by atoms with Crippen molar-refractivity contribution < 1.29 is 9.59 Å². The van der Waals surface area contributed by atoms with E-state index in [0.29, 0.717) is 31.8 Å². The van der Waals surface area contributed by atoms with E-state index in [-0.39, 0.29) is 11.8 Å². The van der Waals surface area contributed by atoms with Crippen molar-refractivity contribution in [3.8, 4) is 0 Å². The van der Waals surface area contributed by atoms with Crippen molar-refractivity contribution in [2.45, 2.75) is 72.1 Å². The third kappa shape index (κ3) is 4.75. The van der Waals surface area contributed by atoms with Gasteiger partial charge in [-0.05, 0) is 58.4 Å². The van der Waals surface area contributed by atoms with Crippen LogP contribution in [0, 0.1) is 26.7 Å². The first-order valence-electron chi connectivity index (χ1n) is 11.8. The molecule has 2 aliphatic rings. The number of hydrogen-bond acceptors (Lipinski definition) is 4. The Hall–Kier alpha value is -2.44. The Morgan fingerprint density at radius 1 is 0.968 bits per heavy atom. The molecule has 7 nitrogen and oxygen atoms in total. The van der Waals surface area contributed by atoms with Crippen LogP contribution in [-0.2, 0) is 16.0 Å². The molecule has 0 radical (unpaired) electrons. The minimum atomic E-state index is 0.0845. The molecule has 0 bridgehead atoms. The van der Waals surface area contributed by atoms with Crippen molar-refractivity contribution in [2.75, 3.05) is 26.2 Å². The van der Waals surface area contributed by atoms with Crippen LogP contribution in [0.4, 0.5) is 0 Å². The highest BCUT2D eigenvalue weighted by Gasteiger charge is 2.30. The molecule has 0 aliphatic carbocycles. The summed E-state index contributed by atoms with van der Waals surface area (Å²) in [6, 6.07) is 1.98. The number of fused-ring (bicyclic) bond motifs is 1. The van der Waals surface area contributed by atoms with Crippen molar-refractivity contribution in [2.24, 2.45) is 5.92 Å². The molecule has 4 heterocycles. The number of amides is 2. The van der Waals surface area contributed by atoms with Gasteiger partial charge in [0.05, 0.1) is 5.69 Å². The standard InChI is InChI=1S/C24H35N5O2/c1-17-16-22-25-18(2)21(19(3)29(22)26-17)8-9-23(30)27-14-10-20(11-15-27)24(31)28-12-6-4-5-7-13-28/h16,20H,4-15H2,1-3H3. The fourth-order valence-corrected chi connectivity index (χ4v) is 5.12. The molecule has 2 aliphatic heterocycles. The molecular weight excluding hydrogens is 390 g/mol. The summed E-state index contributed by atoms with van der Waals surface area (Å²) in [6.45, 7) is 9.22. The van der Waals surface area contributed by atoms with E-state index in [1.807, 2.05) is 36.3 Å². The average molecular weight is 426 g/mol. The van der Waals surface area contributed by atoms with Crippen LogP contribution in [0.1, 0.15) is 67.6 Å². The minimum Gasteiger partial charge on any atom is -0.343 e. The lowest BCUT2D eigenvalue weighted by Gasteiger charge is -2.34. The average Bonchev–Trinajstić information content (AvgIpc) is 2.96. The molecule has 2 fully saturated rings. The molecular formula is C24H35N5O2. The van der Waals surface area contributed by atoms with Gasteiger partial charge >= 0.3 is 0 Å². The predicted octanol–water partition coefficient (Wildman–Crippen LogP) is 3.23. The number of hydrogen-bond donors (Lipinski definition) is 0. The maximum absolute atomic E-state index is 12.9. The van der Waals surface area contributed by atoms with Gasteiger partial charge in [-0.25, -0.2) is 9.50 Å². The number of carbonyl (C=O) groups excluding carboxylic acids is 2. The Labute approximate surface area is 184 Å². The smallest absolute Gasteiger partial charge is 0.225 e. The van der Waals surface area contributed by atoms with Crippen molar-refractivity contribution in [1.82, 2.24) is 24.4 Å². The zero-order chi connectivity index (χ0) is 22.0. The first-order chi connectivity index (χ1) is 14.9. The Bertz CT molecular complexity index is 951. The van der Waals surface area contributed by atoms with E-state index in [0.717, 1.165) is 67.1 Å².